The number of carbonyl (C=O) groups excluding carboxylic acids is 1. The Labute approximate surface area is 101 Å². The summed E-state index contributed by atoms with van der Waals surface area (Å²) in [4.78, 5) is 12.3. The fourth-order valence-corrected chi connectivity index (χ4v) is 1.57. The van der Waals surface area contributed by atoms with Crippen molar-refractivity contribution in [3.8, 4) is 17.2 Å². The highest BCUT2D eigenvalue weighted by Gasteiger charge is 2.16. The van der Waals surface area contributed by atoms with E-state index in [9.17, 15) is 4.79 Å². The Morgan fingerprint density at radius 1 is 1.12 bits per heavy atom. The third kappa shape index (κ3) is 2.81. The number of ether oxygens (including phenoxy) is 3. The van der Waals surface area contributed by atoms with E-state index in [1.165, 1.54) is 0 Å². The van der Waals surface area contributed by atoms with Crippen LogP contribution in [0.3, 0.4) is 0 Å². The number of rotatable bonds is 6. The fourth-order valence-electron chi connectivity index (χ4n) is 1.57. The van der Waals surface area contributed by atoms with Crippen molar-refractivity contribution in [1.82, 2.24) is 0 Å². The van der Waals surface area contributed by atoms with Crippen LogP contribution in [0.1, 0.15) is 0 Å². The predicted octanol–water partition coefficient (Wildman–Crippen LogP) is 1.35. The zero-order valence-corrected chi connectivity index (χ0v) is 10.5. The van der Waals surface area contributed by atoms with E-state index in [4.69, 9.17) is 14.2 Å². The molecule has 0 heterocycles. The fraction of sp³-hybridized carbons (Fsp3) is 0.417. The minimum atomic E-state index is 0.263. The van der Waals surface area contributed by atoms with Crippen LogP contribution < -0.4 is 19.1 Å². The molecule has 0 amide bonds. The minimum Gasteiger partial charge on any atom is -0.496 e. The van der Waals surface area contributed by atoms with Gasteiger partial charge in [0.15, 0.2) is 0 Å². The van der Waals surface area contributed by atoms with Gasteiger partial charge in [0.1, 0.15) is 29.2 Å². The van der Waals surface area contributed by atoms with Gasteiger partial charge in [-0.2, -0.15) is 0 Å². The van der Waals surface area contributed by atoms with E-state index in [1.54, 1.807) is 45.4 Å². The average Bonchev–Trinajstić information content (AvgIpc) is 2.37. The molecule has 0 aromatic heterocycles. The molecule has 0 saturated heterocycles. The first-order valence-electron chi connectivity index (χ1n) is 5.12. The summed E-state index contributed by atoms with van der Waals surface area (Å²) >= 11 is 0. The third-order valence-corrected chi connectivity index (χ3v) is 2.42. The van der Waals surface area contributed by atoms with E-state index in [0.717, 1.165) is 12.0 Å². The monoisotopic (exact) mass is 239 g/mol. The van der Waals surface area contributed by atoms with E-state index in [1.807, 2.05) is 0 Å². The van der Waals surface area contributed by atoms with Crippen LogP contribution in [0, 0.1) is 0 Å². The lowest BCUT2D eigenvalue weighted by Crippen LogP contribution is -2.20. The highest BCUT2D eigenvalue weighted by atomic mass is 16.5. The van der Waals surface area contributed by atoms with Crippen LogP contribution in [0.15, 0.2) is 12.1 Å². The number of methoxy groups -OCH3 is 3. The van der Waals surface area contributed by atoms with Crippen molar-refractivity contribution >= 4 is 12.0 Å². The molecule has 17 heavy (non-hydrogen) atoms. The number of nitrogens with zero attached hydrogens (tertiary/aromatic N) is 1. The highest BCUT2D eigenvalue weighted by Crippen LogP contribution is 2.40. The van der Waals surface area contributed by atoms with Crippen molar-refractivity contribution in [2.45, 2.75) is 0 Å². The molecule has 0 N–H and O–H groups in total. The van der Waals surface area contributed by atoms with Gasteiger partial charge in [-0.15, -0.1) is 0 Å². The van der Waals surface area contributed by atoms with Crippen molar-refractivity contribution in [3.05, 3.63) is 12.1 Å². The maximum absolute atomic E-state index is 10.6. The number of aldehydes is 1. The molecule has 0 spiro atoms. The summed E-state index contributed by atoms with van der Waals surface area (Å²) in [6.07, 6.45) is 0.823. The van der Waals surface area contributed by atoms with E-state index in [2.05, 4.69) is 0 Å². The molecule has 0 aliphatic heterocycles. The SMILES string of the molecule is COc1cc(OC)c(N(C)CC=O)c(OC)c1. The van der Waals surface area contributed by atoms with Gasteiger partial charge in [-0.25, -0.2) is 0 Å². The Bertz CT molecular complexity index is 367. The summed E-state index contributed by atoms with van der Waals surface area (Å²) in [5, 5.41) is 0. The van der Waals surface area contributed by atoms with Gasteiger partial charge in [-0.05, 0) is 0 Å². The number of anilines is 1. The molecule has 1 rings (SSSR count). The van der Waals surface area contributed by atoms with E-state index < -0.39 is 0 Å². The molecule has 94 valence electrons. The quantitative estimate of drug-likeness (QED) is 0.701. The number of hydrogen-bond donors (Lipinski definition) is 0. The second-order valence-corrected chi connectivity index (χ2v) is 3.43. The molecular formula is C12H17NO4. The van der Waals surface area contributed by atoms with Gasteiger partial charge in [0.25, 0.3) is 0 Å². The second kappa shape index (κ2) is 5.98. The third-order valence-electron chi connectivity index (χ3n) is 2.42. The summed E-state index contributed by atoms with van der Waals surface area (Å²) in [5.41, 5.74) is 0.725. The molecule has 1 aromatic rings. The maximum Gasteiger partial charge on any atom is 0.149 e. The normalized spacial score (nSPS) is 9.65. The second-order valence-electron chi connectivity index (χ2n) is 3.43. The Balaban J connectivity index is 3.28. The van der Waals surface area contributed by atoms with Crippen molar-refractivity contribution < 1.29 is 19.0 Å². The maximum atomic E-state index is 10.6. The zero-order chi connectivity index (χ0) is 12.8. The Kier molecular flexibility index (Phi) is 4.63. The standard InChI is InChI=1S/C12H17NO4/c1-13(5-6-14)12-10(16-3)7-9(15-2)8-11(12)17-4/h6-8H,5H2,1-4H3. The molecule has 0 bridgehead atoms. The van der Waals surface area contributed by atoms with Crippen LogP contribution in [0.25, 0.3) is 0 Å². The van der Waals surface area contributed by atoms with E-state index >= 15 is 0 Å². The number of likely N-dealkylation sites (N-methyl/N-ethyl adjacent to an activating group) is 1. The van der Waals surface area contributed by atoms with Crippen molar-refractivity contribution in [2.24, 2.45) is 0 Å². The molecule has 0 radical (unpaired) electrons. The largest absolute Gasteiger partial charge is 0.496 e. The Hall–Kier alpha value is -1.91. The van der Waals surface area contributed by atoms with Gasteiger partial charge in [0, 0.05) is 19.2 Å². The molecule has 1 aromatic carbocycles. The summed E-state index contributed by atoms with van der Waals surface area (Å²) < 4.78 is 15.7. The predicted molar refractivity (Wildman–Crippen MR) is 65.4 cm³/mol. The molecule has 0 atom stereocenters. The number of benzene rings is 1. The molecule has 5 nitrogen and oxygen atoms in total. The van der Waals surface area contributed by atoms with Crippen LogP contribution in [-0.4, -0.2) is 41.2 Å². The summed E-state index contributed by atoms with van der Waals surface area (Å²) in [7, 11) is 6.49. The van der Waals surface area contributed by atoms with Gasteiger partial charge < -0.3 is 23.9 Å². The van der Waals surface area contributed by atoms with Gasteiger partial charge in [0.2, 0.25) is 0 Å². The van der Waals surface area contributed by atoms with Crippen LogP contribution >= 0.6 is 0 Å². The molecule has 0 saturated carbocycles. The first-order valence-corrected chi connectivity index (χ1v) is 5.12. The molecule has 0 aliphatic carbocycles. The first kappa shape index (κ1) is 13.2. The van der Waals surface area contributed by atoms with Crippen LogP contribution in [0.2, 0.25) is 0 Å². The lowest BCUT2D eigenvalue weighted by Gasteiger charge is -2.22. The smallest absolute Gasteiger partial charge is 0.149 e. The molecule has 0 fully saturated rings. The molecule has 5 heteroatoms. The topological polar surface area (TPSA) is 48.0 Å². The van der Waals surface area contributed by atoms with Crippen molar-refractivity contribution in [1.29, 1.82) is 0 Å². The van der Waals surface area contributed by atoms with E-state index in [0.29, 0.717) is 17.2 Å². The van der Waals surface area contributed by atoms with Gasteiger partial charge in [0.05, 0.1) is 27.9 Å². The summed E-state index contributed by atoms with van der Waals surface area (Å²) in [6, 6.07) is 3.50. The molecular weight excluding hydrogens is 222 g/mol. The number of carbonyl (C=O) groups is 1. The zero-order valence-electron chi connectivity index (χ0n) is 10.5. The van der Waals surface area contributed by atoms with Crippen LogP contribution in [-0.2, 0) is 4.79 Å². The van der Waals surface area contributed by atoms with Gasteiger partial charge in [-0.1, -0.05) is 0 Å². The van der Waals surface area contributed by atoms with Crippen molar-refractivity contribution in [3.63, 3.8) is 0 Å². The minimum absolute atomic E-state index is 0.263. The first-order chi connectivity index (χ1) is 8.17. The van der Waals surface area contributed by atoms with Crippen molar-refractivity contribution in [2.75, 3.05) is 39.8 Å². The lowest BCUT2D eigenvalue weighted by atomic mass is 10.2. The van der Waals surface area contributed by atoms with Gasteiger partial charge >= 0.3 is 0 Å². The molecule has 0 aliphatic rings. The summed E-state index contributed by atoms with van der Waals surface area (Å²) in [6.45, 7) is 0.263. The Morgan fingerprint density at radius 3 is 2.00 bits per heavy atom. The average molecular weight is 239 g/mol. The molecule has 0 unspecified atom stereocenters. The highest BCUT2D eigenvalue weighted by molar-refractivity contribution is 5.73. The summed E-state index contributed by atoms with van der Waals surface area (Å²) in [5.74, 6) is 1.85. The van der Waals surface area contributed by atoms with Crippen LogP contribution in [0.5, 0.6) is 17.2 Å². The number of hydrogen-bond acceptors (Lipinski definition) is 5. The van der Waals surface area contributed by atoms with Crippen LogP contribution in [0.4, 0.5) is 5.69 Å². The van der Waals surface area contributed by atoms with E-state index in [-0.39, 0.29) is 6.54 Å². The Morgan fingerprint density at radius 2 is 1.65 bits per heavy atom. The van der Waals surface area contributed by atoms with Gasteiger partial charge in [-0.3, -0.25) is 0 Å². The lowest BCUT2D eigenvalue weighted by molar-refractivity contribution is -0.106.